The van der Waals surface area contributed by atoms with E-state index in [2.05, 4.69) is 3.07 Å². The van der Waals surface area contributed by atoms with Crippen LogP contribution in [-0.4, -0.2) is 42.8 Å². The number of alkyl halides is 7. The summed E-state index contributed by atoms with van der Waals surface area (Å²) in [6, 6.07) is 0. The molecule has 0 fully saturated rings. The number of unbranched alkanes of at least 4 members (excludes halogenated alkanes) is 5. The molecule has 0 atom stereocenters. The van der Waals surface area contributed by atoms with Gasteiger partial charge in [0.1, 0.15) is 0 Å². The average Bonchev–Trinajstić information content (AvgIpc) is 2.34. The van der Waals surface area contributed by atoms with Crippen molar-refractivity contribution in [1.82, 2.24) is 0 Å². The van der Waals surface area contributed by atoms with Gasteiger partial charge in [-0.2, -0.15) is 0 Å². The van der Waals surface area contributed by atoms with E-state index in [0.717, 1.165) is 25.7 Å². The summed E-state index contributed by atoms with van der Waals surface area (Å²) in [6.07, 6.45) is -3.89. The first-order chi connectivity index (χ1) is 9.94. The Bertz CT molecular complexity index is 345. The minimum absolute atomic E-state index is 0.261. The Morgan fingerprint density at radius 1 is 0.864 bits per heavy atom. The minimum atomic E-state index is -5.65. The number of halogens is 7. The molecular weight excluding hydrogens is 428 g/mol. The van der Waals surface area contributed by atoms with Crippen LogP contribution >= 0.6 is 0 Å². The summed E-state index contributed by atoms with van der Waals surface area (Å²) in [6.45, 7) is 1.60. The summed E-state index contributed by atoms with van der Waals surface area (Å²) < 4.78 is 98.1. The summed E-state index contributed by atoms with van der Waals surface area (Å²) in [4.78, 5) is 0. The van der Waals surface area contributed by atoms with Crippen LogP contribution in [-0.2, 0) is 6.15 Å². The fourth-order valence-electron chi connectivity index (χ4n) is 1.65. The van der Waals surface area contributed by atoms with Crippen LogP contribution in [0.15, 0.2) is 0 Å². The molecule has 0 radical (unpaired) electrons. The fourth-order valence-corrected chi connectivity index (χ4v) is 4.21. The maximum atomic E-state index is 13.2. The van der Waals surface area contributed by atoms with Crippen molar-refractivity contribution in [2.24, 2.45) is 0 Å². The van der Waals surface area contributed by atoms with Gasteiger partial charge in [0, 0.05) is 0 Å². The fraction of sp³-hybridized carbons (Fsp3) is 1.00. The summed E-state index contributed by atoms with van der Waals surface area (Å²) >= 11 is -5.65. The van der Waals surface area contributed by atoms with Crippen LogP contribution in [0.4, 0.5) is 30.7 Å². The van der Waals surface area contributed by atoms with E-state index in [4.69, 9.17) is 0 Å². The second kappa shape index (κ2) is 9.39. The van der Waals surface area contributed by atoms with E-state index in [-0.39, 0.29) is 6.42 Å². The third-order valence-electron chi connectivity index (χ3n) is 2.87. The molecule has 132 valence electrons. The molecule has 0 aliphatic heterocycles. The predicted octanol–water partition coefficient (Wildman–Crippen LogP) is 5.04. The Morgan fingerprint density at radius 2 is 1.36 bits per heavy atom. The van der Waals surface area contributed by atoms with Crippen LogP contribution < -0.4 is 0 Å². The molecule has 0 bridgehead atoms. The molecule has 0 aliphatic rings. The average molecular weight is 447 g/mol. The van der Waals surface area contributed by atoms with Crippen molar-refractivity contribution in [1.29, 1.82) is 0 Å². The Labute approximate surface area is 132 Å². The van der Waals surface area contributed by atoms with Gasteiger partial charge >= 0.3 is 132 Å². The first-order valence-corrected chi connectivity index (χ1v) is 10.7. The molecule has 0 aromatic carbocycles. The van der Waals surface area contributed by atoms with Crippen LogP contribution in [0.25, 0.3) is 0 Å². The quantitative estimate of drug-likeness (QED) is 0.252. The van der Waals surface area contributed by atoms with Crippen LogP contribution in [0.1, 0.15) is 51.9 Å². The second-order valence-electron chi connectivity index (χ2n) is 4.97. The summed E-state index contributed by atoms with van der Waals surface area (Å²) in [5, 5.41) is 0. The van der Waals surface area contributed by atoms with Crippen molar-refractivity contribution >= 4 is 20.2 Å². The molecule has 2 nitrogen and oxygen atoms in total. The molecule has 0 N–H and O–H groups in total. The summed E-state index contributed by atoms with van der Waals surface area (Å²) in [5.41, 5.74) is 0. The number of hydrogen-bond donors (Lipinski definition) is 0. The molecule has 0 saturated carbocycles. The van der Waals surface area contributed by atoms with Gasteiger partial charge in [0.25, 0.3) is 0 Å². The number of hydrogen-bond acceptors (Lipinski definition) is 2. The second-order valence-corrected chi connectivity index (χ2v) is 9.23. The molecule has 0 heterocycles. The van der Waals surface area contributed by atoms with Gasteiger partial charge < -0.3 is 0 Å². The molecule has 10 heteroatoms. The molecule has 0 amide bonds. The Kier molecular flexibility index (Phi) is 9.41. The summed E-state index contributed by atoms with van der Waals surface area (Å²) in [7, 11) is 0. The third kappa shape index (κ3) is 8.07. The van der Waals surface area contributed by atoms with Crippen molar-refractivity contribution < 1.29 is 36.9 Å². The molecule has 22 heavy (non-hydrogen) atoms. The van der Waals surface area contributed by atoms with E-state index in [9.17, 15) is 33.8 Å². The van der Waals surface area contributed by atoms with Crippen molar-refractivity contribution in [3.63, 3.8) is 0 Å². The Morgan fingerprint density at radius 3 is 1.86 bits per heavy atom. The first-order valence-electron chi connectivity index (χ1n) is 6.93. The van der Waals surface area contributed by atoms with E-state index in [1.54, 1.807) is 0 Å². The van der Waals surface area contributed by atoms with E-state index in [1.807, 2.05) is 6.92 Å². The van der Waals surface area contributed by atoms with Gasteiger partial charge in [-0.25, -0.2) is 0 Å². The van der Waals surface area contributed by atoms with Gasteiger partial charge in [-0.3, -0.25) is 0 Å². The van der Waals surface area contributed by atoms with Gasteiger partial charge in [0.15, 0.2) is 0 Å². The SMILES string of the molecule is CCCCCCCC[O][Sn](=[O])[C](F)(F)C(F)(F)CC(F)(F)F. The molecule has 0 unspecified atom stereocenters. The molecule has 0 aliphatic carbocycles. The van der Waals surface area contributed by atoms with Crippen molar-refractivity contribution in [2.45, 2.75) is 67.9 Å². The molecule has 0 rings (SSSR count). The van der Waals surface area contributed by atoms with E-state index in [0.29, 0.717) is 6.42 Å². The molecule has 0 aromatic rings. The first kappa shape index (κ1) is 22.1. The normalized spacial score (nSPS) is 13.5. The Balaban J connectivity index is 4.27. The zero-order valence-electron chi connectivity index (χ0n) is 12.1. The van der Waals surface area contributed by atoms with E-state index >= 15 is 0 Å². The zero-order valence-corrected chi connectivity index (χ0v) is 15.0. The topological polar surface area (TPSA) is 26.3 Å². The van der Waals surface area contributed by atoms with Crippen molar-refractivity contribution in [3.8, 4) is 0 Å². The van der Waals surface area contributed by atoms with E-state index < -0.39 is 49.2 Å². The third-order valence-corrected chi connectivity index (χ3v) is 6.71. The summed E-state index contributed by atoms with van der Waals surface area (Å²) in [5.74, 6) is -5.41. The molecule has 0 saturated heterocycles. The predicted molar refractivity (Wildman–Crippen MR) is 66.3 cm³/mol. The van der Waals surface area contributed by atoms with Gasteiger partial charge in [0.2, 0.25) is 0 Å². The van der Waals surface area contributed by atoms with Crippen molar-refractivity contribution in [2.75, 3.05) is 6.61 Å². The van der Waals surface area contributed by atoms with Gasteiger partial charge in [-0.15, -0.1) is 0 Å². The number of rotatable bonds is 11. The van der Waals surface area contributed by atoms with Gasteiger partial charge in [0.05, 0.1) is 0 Å². The van der Waals surface area contributed by atoms with Gasteiger partial charge in [-0.05, 0) is 0 Å². The molecule has 0 spiro atoms. The van der Waals surface area contributed by atoms with Crippen LogP contribution in [0.5, 0.6) is 0 Å². The van der Waals surface area contributed by atoms with Gasteiger partial charge in [-0.1, -0.05) is 0 Å². The van der Waals surface area contributed by atoms with Crippen LogP contribution in [0, 0.1) is 0 Å². The standard InChI is InChI=1S/C8H17O.C4H2F7.O.Sn/c1-2-3-4-5-6-7-8-9;5-2(6)3(7,8)1-4(9,10)11;;/h2-8H2,1H3;1H2;;/q-1;;;+1. The molecular formula is C12H19F7O2Sn. The van der Waals surface area contributed by atoms with Crippen LogP contribution in [0.2, 0.25) is 0 Å². The van der Waals surface area contributed by atoms with Crippen molar-refractivity contribution in [3.05, 3.63) is 0 Å². The zero-order chi connectivity index (χ0) is 17.4. The Hall–Kier alpha value is 0.0687. The monoisotopic (exact) mass is 448 g/mol. The van der Waals surface area contributed by atoms with Crippen LogP contribution in [0.3, 0.4) is 0 Å². The molecule has 0 aromatic heterocycles. The van der Waals surface area contributed by atoms with E-state index in [1.165, 1.54) is 0 Å². The maximum absolute atomic E-state index is 13.2.